The van der Waals surface area contributed by atoms with E-state index in [-0.39, 0.29) is 5.56 Å². The molecule has 2 aromatic heterocycles. The maximum absolute atomic E-state index is 11.2. The number of aromatic nitrogens is 3. The van der Waals surface area contributed by atoms with Crippen LogP contribution in [0.4, 0.5) is 5.82 Å². The van der Waals surface area contributed by atoms with Crippen LogP contribution < -0.4 is 10.9 Å². The lowest BCUT2D eigenvalue weighted by atomic mass is 10.5. The van der Waals surface area contributed by atoms with Gasteiger partial charge in [-0.05, 0) is 0 Å². The maximum Gasteiger partial charge on any atom is 0.290 e. The molecule has 6 heteroatoms. The highest BCUT2D eigenvalue weighted by molar-refractivity contribution is 7.07. The topological polar surface area (TPSA) is 70.7 Å². The smallest absolute Gasteiger partial charge is 0.290 e. The summed E-state index contributed by atoms with van der Waals surface area (Å²) >= 11 is 1.52. The molecule has 0 fully saturated rings. The van der Waals surface area contributed by atoms with E-state index in [1.54, 1.807) is 5.51 Å². The third-order valence-corrected chi connectivity index (χ3v) is 2.26. The number of anilines is 1. The molecule has 0 amide bonds. The summed E-state index contributed by atoms with van der Waals surface area (Å²) in [7, 11) is 0. The van der Waals surface area contributed by atoms with Crippen molar-refractivity contribution in [2.45, 2.75) is 6.54 Å². The third-order valence-electron chi connectivity index (χ3n) is 1.63. The molecule has 0 radical (unpaired) electrons. The first kappa shape index (κ1) is 8.89. The van der Waals surface area contributed by atoms with E-state index in [1.165, 1.54) is 23.7 Å². The number of nitrogens with zero attached hydrogens (tertiary/aromatic N) is 2. The van der Waals surface area contributed by atoms with Gasteiger partial charge in [0.05, 0.1) is 17.7 Å². The van der Waals surface area contributed by atoms with Crippen LogP contribution in [-0.2, 0) is 6.54 Å². The molecule has 2 rings (SSSR count). The molecule has 72 valence electrons. The fraction of sp³-hybridized carbons (Fsp3) is 0.125. The summed E-state index contributed by atoms with van der Waals surface area (Å²) in [4.78, 5) is 21.7. The van der Waals surface area contributed by atoms with E-state index in [9.17, 15) is 4.79 Å². The van der Waals surface area contributed by atoms with Gasteiger partial charge in [0.2, 0.25) is 0 Å². The van der Waals surface area contributed by atoms with Gasteiger partial charge in [0.15, 0.2) is 5.82 Å². The minimum Gasteiger partial charge on any atom is -0.360 e. The molecule has 0 saturated heterocycles. The van der Waals surface area contributed by atoms with Gasteiger partial charge in [-0.1, -0.05) is 0 Å². The van der Waals surface area contributed by atoms with E-state index in [0.717, 1.165) is 5.69 Å². The van der Waals surface area contributed by atoms with Gasteiger partial charge in [0, 0.05) is 17.8 Å². The summed E-state index contributed by atoms with van der Waals surface area (Å²) in [6.45, 7) is 0.517. The summed E-state index contributed by atoms with van der Waals surface area (Å²) < 4.78 is 0. The Kier molecular flexibility index (Phi) is 2.55. The molecule has 0 aliphatic heterocycles. The van der Waals surface area contributed by atoms with Crippen LogP contribution in [0.25, 0.3) is 0 Å². The molecule has 2 heterocycles. The van der Waals surface area contributed by atoms with Crippen molar-refractivity contribution < 1.29 is 0 Å². The molecule has 0 atom stereocenters. The first-order valence-electron chi connectivity index (χ1n) is 4.01. The predicted molar refractivity (Wildman–Crippen MR) is 54.3 cm³/mol. The molecular weight excluding hydrogens is 200 g/mol. The summed E-state index contributed by atoms with van der Waals surface area (Å²) in [5.74, 6) is 0.320. The van der Waals surface area contributed by atoms with E-state index in [0.29, 0.717) is 12.4 Å². The van der Waals surface area contributed by atoms with Crippen molar-refractivity contribution in [3.63, 3.8) is 0 Å². The first-order valence-corrected chi connectivity index (χ1v) is 4.95. The lowest BCUT2D eigenvalue weighted by molar-refractivity contribution is 1.02. The van der Waals surface area contributed by atoms with Crippen molar-refractivity contribution in [2.75, 3.05) is 5.32 Å². The number of thiazole rings is 1. The Bertz CT molecular complexity index is 450. The molecular formula is C8H8N4OS. The van der Waals surface area contributed by atoms with Crippen molar-refractivity contribution >= 4 is 17.2 Å². The predicted octanol–water partition coefficient (Wildman–Crippen LogP) is 0.838. The summed E-state index contributed by atoms with van der Waals surface area (Å²) in [5, 5.41) is 4.83. The van der Waals surface area contributed by atoms with Gasteiger partial charge in [-0.2, -0.15) is 0 Å². The minimum absolute atomic E-state index is 0.220. The molecule has 0 aliphatic rings. The number of hydrogen-bond donors (Lipinski definition) is 2. The molecule has 0 spiro atoms. The number of H-pyrrole nitrogens is 1. The van der Waals surface area contributed by atoms with Crippen LogP contribution in [0, 0.1) is 0 Å². The molecule has 0 unspecified atom stereocenters. The Morgan fingerprint density at radius 2 is 2.43 bits per heavy atom. The Balaban J connectivity index is 2.06. The van der Waals surface area contributed by atoms with Crippen molar-refractivity contribution in [1.82, 2.24) is 15.0 Å². The van der Waals surface area contributed by atoms with Gasteiger partial charge in [0.25, 0.3) is 5.56 Å². The molecule has 5 nitrogen and oxygen atoms in total. The second kappa shape index (κ2) is 4.01. The Morgan fingerprint density at radius 1 is 1.50 bits per heavy atom. The van der Waals surface area contributed by atoms with Crippen LogP contribution >= 0.6 is 11.3 Å². The fourth-order valence-corrected chi connectivity index (χ4v) is 1.54. The van der Waals surface area contributed by atoms with Crippen LogP contribution in [0.2, 0.25) is 0 Å². The monoisotopic (exact) mass is 208 g/mol. The summed E-state index contributed by atoms with van der Waals surface area (Å²) in [5.41, 5.74) is 2.43. The van der Waals surface area contributed by atoms with Gasteiger partial charge in [0.1, 0.15) is 0 Å². The van der Waals surface area contributed by atoms with E-state index >= 15 is 0 Å². The molecule has 14 heavy (non-hydrogen) atoms. The number of nitrogens with one attached hydrogen (secondary N) is 2. The van der Waals surface area contributed by atoms with E-state index in [2.05, 4.69) is 20.3 Å². The highest BCUT2D eigenvalue weighted by Crippen LogP contribution is 2.02. The summed E-state index contributed by atoms with van der Waals surface area (Å²) in [6.07, 6.45) is 3.03. The van der Waals surface area contributed by atoms with E-state index < -0.39 is 0 Å². The number of rotatable bonds is 3. The average Bonchev–Trinajstić information content (AvgIpc) is 2.69. The maximum atomic E-state index is 11.2. The van der Waals surface area contributed by atoms with Gasteiger partial charge in [-0.15, -0.1) is 11.3 Å². The molecule has 2 aromatic rings. The van der Waals surface area contributed by atoms with Gasteiger partial charge in [-0.3, -0.25) is 4.79 Å². The fourth-order valence-electron chi connectivity index (χ4n) is 0.977. The Hall–Kier alpha value is -1.69. The third kappa shape index (κ3) is 1.97. The SMILES string of the molecule is O=c1[nH]ccnc1NCc1cscn1. The second-order valence-corrected chi connectivity index (χ2v) is 3.32. The normalized spacial score (nSPS) is 10.0. The van der Waals surface area contributed by atoms with Crippen molar-refractivity contribution in [1.29, 1.82) is 0 Å². The molecule has 0 saturated carbocycles. The molecule has 0 bridgehead atoms. The minimum atomic E-state index is -0.220. The zero-order chi connectivity index (χ0) is 9.80. The standard InChI is InChI=1S/C8H8N4OS/c13-8-7(9-1-2-10-8)11-3-6-4-14-5-12-6/h1-2,4-5H,3H2,(H,9,11)(H,10,13). The molecule has 0 aromatic carbocycles. The number of hydrogen-bond acceptors (Lipinski definition) is 5. The van der Waals surface area contributed by atoms with Crippen LogP contribution in [-0.4, -0.2) is 15.0 Å². The highest BCUT2D eigenvalue weighted by atomic mass is 32.1. The van der Waals surface area contributed by atoms with Crippen molar-refractivity contribution in [3.8, 4) is 0 Å². The highest BCUT2D eigenvalue weighted by Gasteiger charge is 1.99. The van der Waals surface area contributed by atoms with Crippen LogP contribution in [0.1, 0.15) is 5.69 Å². The van der Waals surface area contributed by atoms with Crippen molar-refractivity contribution in [3.05, 3.63) is 39.3 Å². The van der Waals surface area contributed by atoms with Crippen LogP contribution in [0.15, 0.2) is 28.1 Å². The van der Waals surface area contributed by atoms with Gasteiger partial charge in [-0.25, -0.2) is 9.97 Å². The molecule has 2 N–H and O–H groups in total. The molecule has 0 aliphatic carbocycles. The average molecular weight is 208 g/mol. The zero-order valence-electron chi connectivity index (χ0n) is 7.23. The zero-order valence-corrected chi connectivity index (χ0v) is 8.04. The lowest BCUT2D eigenvalue weighted by Crippen LogP contribution is -2.15. The lowest BCUT2D eigenvalue weighted by Gasteiger charge is -2.00. The quantitative estimate of drug-likeness (QED) is 0.784. The van der Waals surface area contributed by atoms with Crippen LogP contribution in [0.3, 0.4) is 0 Å². The Morgan fingerprint density at radius 3 is 3.14 bits per heavy atom. The summed E-state index contributed by atoms with van der Waals surface area (Å²) in [6, 6.07) is 0. The second-order valence-electron chi connectivity index (χ2n) is 2.60. The van der Waals surface area contributed by atoms with Gasteiger partial charge < -0.3 is 10.3 Å². The van der Waals surface area contributed by atoms with E-state index in [4.69, 9.17) is 0 Å². The largest absolute Gasteiger partial charge is 0.360 e. The Labute approximate surface area is 83.9 Å². The van der Waals surface area contributed by atoms with Crippen molar-refractivity contribution in [2.24, 2.45) is 0 Å². The van der Waals surface area contributed by atoms with Crippen LogP contribution in [0.5, 0.6) is 0 Å². The first-order chi connectivity index (χ1) is 6.86. The number of aromatic amines is 1. The van der Waals surface area contributed by atoms with E-state index in [1.807, 2.05) is 5.38 Å². The van der Waals surface area contributed by atoms with Gasteiger partial charge >= 0.3 is 0 Å².